The Morgan fingerprint density at radius 3 is 2.26 bits per heavy atom. The molecule has 1 rings (SSSR count). The topological polar surface area (TPSA) is 52.6 Å². The molecule has 0 amide bonds. The predicted octanol–water partition coefficient (Wildman–Crippen LogP) is 4.12. The summed E-state index contributed by atoms with van der Waals surface area (Å²) in [5, 5.41) is 0. The number of hydrogen-bond acceptors (Lipinski definition) is 4. The van der Waals surface area contributed by atoms with Crippen molar-refractivity contribution in [1.29, 1.82) is 0 Å². The van der Waals surface area contributed by atoms with Crippen LogP contribution in [0.3, 0.4) is 0 Å². The van der Waals surface area contributed by atoms with Crippen LogP contribution < -0.4 is 0 Å². The van der Waals surface area contributed by atoms with E-state index in [1.54, 1.807) is 19.1 Å². The van der Waals surface area contributed by atoms with Gasteiger partial charge in [-0.25, -0.2) is 9.59 Å². The van der Waals surface area contributed by atoms with E-state index in [2.05, 4.69) is 6.58 Å². The molecule has 23 heavy (non-hydrogen) atoms. The average Bonchev–Trinajstić information content (AvgIpc) is 2.57. The molecule has 0 bridgehead atoms. The summed E-state index contributed by atoms with van der Waals surface area (Å²) in [7, 11) is 0. The summed E-state index contributed by atoms with van der Waals surface area (Å²) in [5.74, 6) is -0.967. The predicted molar refractivity (Wildman–Crippen MR) is 92.9 cm³/mol. The molecular weight excluding hydrogens is 316 g/mol. The van der Waals surface area contributed by atoms with Gasteiger partial charge in [0.25, 0.3) is 0 Å². The van der Waals surface area contributed by atoms with Gasteiger partial charge in [-0.05, 0) is 31.0 Å². The lowest BCUT2D eigenvalue weighted by atomic mass is 10.2. The van der Waals surface area contributed by atoms with Gasteiger partial charge in [0, 0.05) is 11.6 Å². The Hall–Kier alpha value is -2.33. The molecule has 0 aliphatic heterocycles. The maximum atomic E-state index is 11.3. The molecule has 4 nitrogen and oxygen atoms in total. The highest BCUT2D eigenvalue weighted by Crippen LogP contribution is 2.01. The van der Waals surface area contributed by atoms with E-state index in [1.165, 1.54) is 11.6 Å². The van der Waals surface area contributed by atoms with Gasteiger partial charge in [-0.2, -0.15) is 0 Å². The summed E-state index contributed by atoms with van der Waals surface area (Å²) in [5.41, 5.74) is 2.70. The number of carbonyl (C=O) groups excluding carboxylic acids is 2. The van der Waals surface area contributed by atoms with Crippen molar-refractivity contribution in [2.75, 3.05) is 13.2 Å². The van der Waals surface area contributed by atoms with Crippen LogP contribution in [0.2, 0.25) is 0 Å². The Morgan fingerprint density at radius 2 is 1.74 bits per heavy atom. The van der Waals surface area contributed by atoms with Crippen LogP contribution in [-0.2, 0) is 19.1 Å². The maximum absolute atomic E-state index is 11.3. The molecule has 0 atom stereocenters. The fourth-order valence-corrected chi connectivity index (χ4v) is 1.18. The van der Waals surface area contributed by atoms with E-state index in [-0.39, 0.29) is 13.2 Å². The third-order valence-electron chi connectivity index (χ3n) is 2.25. The molecule has 0 saturated heterocycles. The first-order valence-electron chi connectivity index (χ1n) is 6.95. The van der Waals surface area contributed by atoms with Gasteiger partial charge in [-0.15, -0.1) is 0 Å². The SMILES string of the molecule is C/C=C/Cl.C=C(C)C(=O)OCCOC(=O)/C=C/c1ccccc1. The Morgan fingerprint density at radius 1 is 1.17 bits per heavy atom. The minimum Gasteiger partial charge on any atom is -0.459 e. The zero-order valence-corrected chi connectivity index (χ0v) is 14.1. The fourth-order valence-electron chi connectivity index (χ4n) is 1.18. The molecule has 0 aliphatic rings. The van der Waals surface area contributed by atoms with Crippen molar-refractivity contribution < 1.29 is 19.1 Å². The van der Waals surface area contributed by atoms with Crippen LogP contribution >= 0.6 is 11.6 Å². The first-order chi connectivity index (χ1) is 11.0. The van der Waals surface area contributed by atoms with Crippen molar-refractivity contribution in [3.05, 3.63) is 65.7 Å². The molecule has 5 heteroatoms. The highest BCUT2D eigenvalue weighted by molar-refractivity contribution is 6.25. The summed E-state index contributed by atoms with van der Waals surface area (Å²) in [4.78, 5) is 22.3. The van der Waals surface area contributed by atoms with Crippen molar-refractivity contribution >= 4 is 29.6 Å². The van der Waals surface area contributed by atoms with Crippen LogP contribution in [0.5, 0.6) is 0 Å². The van der Waals surface area contributed by atoms with Crippen LogP contribution in [0.4, 0.5) is 0 Å². The number of hydrogen-bond donors (Lipinski definition) is 0. The van der Waals surface area contributed by atoms with Crippen LogP contribution in [0.1, 0.15) is 19.4 Å². The lowest BCUT2D eigenvalue weighted by Crippen LogP contribution is -2.12. The molecule has 0 unspecified atom stereocenters. The van der Waals surface area contributed by atoms with Gasteiger partial charge in [0.05, 0.1) is 0 Å². The maximum Gasteiger partial charge on any atom is 0.333 e. The van der Waals surface area contributed by atoms with Crippen molar-refractivity contribution in [2.24, 2.45) is 0 Å². The van der Waals surface area contributed by atoms with Gasteiger partial charge < -0.3 is 9.47 Å². The largest absolute Gasteiger partial charge is 0.459 e. The normalized spacial score (nSPS) is 10.0. The third kappa shape index (κ3) is 12.0. The van der Waals surface area contributed by atoms with E-state index < -0.39 is 11.9 Å². The minimum absolute atomic E-state index is 0.0244. The number of halogens is 1. The standard InChI is InChI=1S/C15H16O4.C3H5Cl/c1-12(2)15(17)19-11-10-18-14(16)9-8-13-6-4-3-5-7-13;1-2-3-4/h3-9H,1,10-11H2,2H3;2-3H,1H3/b9-8+;3-2+. The first kappa shape index (κ1) is 20.7. The van der Waals surface area contributed by atoms with Crippen molar-refractivity contribution in [1.82, 2.24) is 0 Å². The Bertz CT molecular complexity index is 543. The minimum atomic E-state index is -0.490. The van der Waals surface area contributed by atoms with E-state index in [9.17, 15) is 9.59 Å². The Labute approximate surface area is 142 Å². The number of rotatable bonds is 6. The van der Waals surface area contributed by atoms with Gasteiger partial charge in [0.15, 0.2) is 0 Å². The van der Waals surface area contributed by atoms with Crippen LogP contribution in [0.15, 0.2) is 60.2 Å². The number of allylic oxidation sites excluding steroid dienone is 1. The van der Waals surface area contributed by atoms with Crippen LogP contribution in [0, 0.1) is 0 Å². The van der Waals surface area contributed by atoms with Gasteiger partial charge in [0.1, 0.15) is 13.2 Å². The van der Waals surface area contributed by atoms with Crippen LogP contribution in [0.25, 0.3) is 6.08 Å². The Balaban J connectivity index is 0.00000108. The van der Waals surface area contributed by atoms with Crippen molar-refractivity contribution in [3.63, 3.8) is 0 Å². The molecule has 0 saturated carbocycles. The fraction of sp³-hybridized carbons (Fsp3) is 0.222. The summed E-state index contributed by atoms with van der Waals surface area (Å²) in [6, 6.07) is 9.40. The average molecular weight is 337 g/mol. The molecule has 0 aliphatic carbocycles. The zero-order chi connectivity index (χ0) is 17.5. The molecule has 0 heterocycles. The van der Waals surface area contributed by atoms with E-state index >= 15 is 0 Å². The summed E-state index contributed by atoms with van der Waals surface area (Å²) in [6.07, 6.45) is 4.75. The van der Waals surface area contributed by atoms with Crippen molar-refractivity contribution in [3.8, 4) is 0 Å². The first-order valence-corrected chi connectivity index (χ1v) is 7.38. The highest BCUT2D eigenvalue weighted by Gasteiger charge is 2.03. The smallest absolute Gasteiger partial charge is 0.333 e. The van der Waals surface area contributed by atoms with Gasteiger partial charge >= 0.3 is 11.9 Å². The number of benzene rings is 1. The van der Waals surface area contributed by atoms with E-state index in [0.717, 1.165) is 5.56 Å². The number of ether oxygens (including phenoxy) is 2. The third-order valence-corrected chi connectivity index (χ3v) is 2.50. The van der Waals surface area contributed by atoms with Gasteiger partial charge in [0.2, 0.25) is 0 Å². The van der Waals surface area contributed by atoms with Gasteiger partial charge in [-0.3, -0.25) is 0 Å². The summed E-state index contributed by atoms with van der Waals surface area (Å²) < 4.78 is 9.64. The molecular formula is C18H21ClO4. The summed E-state index contributed by atoms with van der Waals surface area (Å²) >= 11 is 5.01. The van der Waals surface area contributed by atoms with E-state index in [1.807, 2.05) is 37.3 Å². The highest BCUT2D eigenvalue weighted by atomic mass is 35.5. The second-order valence-electron chi connectivity index (χ2n) is 4.29. The van der Waals surface area contributed by atoms with E-state index in [0.29, 0.717) is 5.57 Å². The molecule has 0 fully saturated rings. The lowest BCUT2D eigenvalue weighted by Gasteiger charge is -2.04. The zero-order valence-electron chi connectivity index (χ0n) is 13.3. The van der Waals surface area contributed by atoms with Crippen LogP contribution in [-0.4, -0.2) is 25.2 Å². The molecule has 0 radical (unpaired) electrons. The number of esters is 2. The summed E-state index contributed by atoms with van der Waals surface area (Å²) in [6.45, 7) is 6.91. The molecule has 0 N–H and O–H groups in total. The van der Waals surface area contributed by atoms with Gasteiger partial charge in [-0.1, -0.05) is 54.6 Å². The molecule has 124 valence electrons. The lowest BCUT2D eigenvalue weighted by molar-refractivity contribution is -0.146. The molecule has 0 aromatic heterocycles. The molecule has 0 spiro atoms. The number of carbonyl (C=O) groups is 2. The quantitative estimate of drug-likeness (QED) is 0.445. The Kier molecular flexibility index (Phi) is 12.0. The van der Waals surface area contributed by atoms with E-state index in [4.69, 9.17) is 21.1 Å². The van der Waals surface area contributed by atoms with Crippen molar-refractivity contribution in [2.45, 2.75) is 13.8 Å². The second-order valence-corrected chi connectivity index (χ2v) is 4.54. The second kappa shape index (κ2) is 13.3. The monoisotopic (exact) mass is 336 g/mol. The molecule has 1 aromatic rings. The molecule has 1 aromatic carbocycles.